The SMILES string of the molecule is COc1ccc(-c2nc3c(C(F)(F)F)cccc3nc2C)c(F)c1. The van der Waals surface area contributed by atoms with Gasteiger partial charge >= 0.3 is 6.18 Å². The number of hydrogen-bond donors (Lipinski definition) is 0. The van der Waals surface area contributed by atoms with Crippen LogP contribution in [-0.4, -0.2) is 17.1 Å². The lowest BCUT2D eigenvalue weighted by Gasteiger charge is -2.13. The number of aromatic nitrogens is 2. The molecular formula is C17H12F4N2O. The first-order valence-electron chi connectivity index (χ1n) is 6.99. The molecule has 0 saturated heterocycles. The summed E-state index contributed by atoms with van der Waals surface area (Å²) < 4.78 is 58.7. The number of methoxy groups -OCH3 is 1. The van der Waals surface area contributed by atoms with Crippen molar-refractivity contribution in [2.75, 3.05) is 7.11 Å². The zero-order chi connectivity index (χ0) is 17.5. The van der Waals surface area contributed by atoms with Gasteiger partial charge in [-0.25, -0.2) is 14.4 Å². The number of rotatable bonds is 2. The van der Waals surface area contributed by atoms with Gasteiger partial charge in [-0.15, -0.1) is 0 Å². The van der Waals surface area contributed by atoms with E-state index in [9.17, 15) is 17.6 Å². The van der Waals surface area contributed by atoms with E-state index in [1.807, 2.05) is 0 Å². The van der Waals surface area contributed by atoms with Gasteiger partial charge < -0.3 is 4.74 Å². The molecule has 0 aliphatic rings. The van der Waals surface area contributed by atoms with E-state index in [2.05, 4.69) is 9.97 Å². The Morgan fingerprint density at radius 1 is 1.04 bits per heavy atom. The number of hydrogen-bond acceptors (Lipinski definition) is 3. The number of ether oxygens (including phenoxy) is 1. The molecule has 1 heterocycles. The average molecular weight is 336 g/mol. The van der Waals surface area contributed by atoms with Crippen LogP contribution >= 0.6 is 0 Å². The van der Waals surface area contributed by atoms with Crippen molar-refractivity contribution in [2.45, 2.75) is 13.1 Å². The second-order valence-electron chi connectivity index (χ2n) is 5.17. The molecule has 0 aliphatic carbocycles. The van der Waals surface area contributed by atoms with Crippen LogP contribution in [0, 0.1) is 12.7 Å². The fraction of sp³-hybridized carbons (Fsp3) is 0.176. The van der Waals surface area contributed by atoms with Gasteiger partial charge in [-0.3, -0.25) is 0 Å². The molecular weight excluding hydrogens is 324 g/mol. The number of halogens is 4. The molecule has 0 amide bonds. The van der Waals surface area contributed by atoms with Crippen molar-refractivity contribution in [1.29, 1.82) is 0 Å². The first-order chi connectivity index (χ1) is 11.3. The van der Waals surface area contributed by atoms with Crippen LogP contribution in [-0.2, 0) is 6.18 Å². The van der Waals surface area contributed by atoms with Gasteiger partial charge in [0.05, 0.1) is 29.6 Å². The Kier molecular flexibility index (Phi) is 3.87. The molecule has 0 unspecified atom stereocenters. The van der Waals surface area contributed by atoms with E-state index in [-0.39, 0.29) is 22.3 Å². The van der Waals surface area contributed by atoms with Gasteiger partial charge in [0.25, 0.3) is 0 Å². The summed E-state index contributed by atoms with van der Waals surface area (Å²) in [6.07, 6.45) is -4.57. The average Bonchev–Trinajstić information content (AvgIpc) is 2.52. The Morgan fingerprint density at radius 2 is 1.79 bits per heavy atom. The molecule has 1 aromatic heterocycles. The Balaban J connectivity index is 2.28. The fourth-order valence-electron chi connectivity index (χ4n) is 2.46. The second kappa shape index (κ2) is 5.74. The van der Waals surface area contributed by atoms with Gasteiger partial charge in [0, 0.05) is 11.6 Å². The van der Waals surface area contributed by atoms with E-state index < -0.39 is 17.6 Å². The molecule has 0 saturated carbocycles. The quantitative estimate of drug-likeness (QED) is 0.632. The summed E-state index contributed by atoms with van der Waals surface area (Å²) in [6.45, 7) is 1.58. The van der Waals surface area contributed by atoms with Crippen molar-refractivity contribution in [3.05, 3.63) is 53.5 Å². The van der Waals surface area contributed by atoms with Crippen LogP contribution in [0.2, 0.25) is 0 Å². The number of aryl methyl sites for hydroxylation is 1. The molecule has 0 aliphatic heterocycles. The molecule has 0 atom stereocenters. The molecule has 0 bridgehead atoms. The van der Waals surface area contributed by atoms with Gasteiger partial charge in [-0.2, -0.15) is 13.2 Å². The maximum Gasteiger partial charge on any atom is 0.418 e. The van der Waals surface area contributed by atoms with Crippen molar-refractivity contribution < 1.29 is 22.3 Å². The summed E-state index contributed by atoms with van der Waals surface area (Å²) >= 11 is 0. The number of fused-ring (bicyclic) bond motifs is 1. The molecule has 0 radical (unpaired) electrons. The maximum atomic E-state index is 14.3. The van der Waals surface area contributed by atoms with Crippen LogP contribution in [0.3, 0.4) is 0 Å². The van der Waals surface area contributed by atoms with Crippen molar-refractivity contribution in [3.8, 4) is 17.0 Å². The molecule has 124 valence electrons. The van der Waals surface area contributed by atoms with Crippen LogP contribution in [0.4, 0.5) is 17.6 Å². The highest BCUT2D eigenvalue weighted by atomic mass is 19.4. The number of para-hydroxylation sites is 1. The molecule has 3 rings (SSSR count). The Morgan fingerprint density at radius 3 is 2.42 bits per heavy atom. The smallest absolute Gasteiger partial charge is 0.418 e. The van der Waals surface area contributed by atoms with E-state index in [0.29, 0.717) is 11.4 Å². The third-order valence-electron chi connectivity index (χ3n) is 3.61. The number of alkyl halides is 3. The standard InChI is InChI=1S/C17H12F4N2O/c1-9-15(11-7-6-10(24-2)8-13(11)18)23-16-12(17(19,20)21)4-3-5-14(16)22-9/h3-8H,1-2H3. The van der Waals surface area contributed by atoms with Gasteiger partial charge in [-0.05, 0) is 31.2 Å². The summed E-state index contributed by atoms with van der Waals surface area (Å²) in [7, 11) is 1.39. The molecule has 0 spiro atoms. The van der Waals surface area contributed by atoms with Crippen LogP contribution in [0.5, 0.6) is 5.75 Å². The van der Waals surface area contributed by atoms with Crippen LogP contribution < -0.4 is 4.74 Å². The predicted octanol–water partition coefficient (Wildman–Crippen LogP) is 4.77. The van der Waals surface area contributed by atoms with Gasteiger partial charge in [0.15, 0.2) is 0 Å². The van der Waals surface area contributed by atoms with E-state index in [1.54, 1.807) is 6.92 Å². The summed E-state index contributed by atoms with van der Waals surface area (Å²) in [4.78, 5) is 8.21. The predicted molar refractivity (Wildman–Crippen MR) is 81.2 cm³/mol. The van der Waals surface area contributed by atoms with Crippen LogP contribution in [0.1, 0.15) is 11.3 Å². The molecule has 0 fully saturated rings. The van der Waals surface area contributed by atoms with Crippen LogP contribution in [0.15, 0.2) is 36.4 Å². The van der Waals surface area contributed by atoms with E-state index in [0.717, 1.165) is 12.1 Å². The van der Waals surface area contributed by atoms with Crippen molar-refractivity contribution >= 4 is 11.0 Å². The normalized spacial score (nSPS) is 11.8. The van der Waals surface area contributed by atoms with Gasteiger partial charge in [0.1, 0.15) is 17.1 Å². The van der Waals surface area contributed by atoms with Gasteiger partial charge in [0.2, 0.25) is 0 Å². The minimum atomic E-state index is -4.57. The lowest BCUT2D eigenvalue weighted by molar-refractivity contribution is -0.136. The van der Waals surface area contributed by atoms with Crippen molar-refractivity contribution in [2.24, 2.45) is 0 Å². The molecule has 3 nitrogen and oxygen atoms in total. The maximum absolute atomic E-state index is 14.3. The fourth-order valence-corrected chi connectivity index (χ4v) is 2.46. The van der Waals surface area contributed by atoms with Crippen molar-refractivity contribution in [1.82, 2.24) is 9.97 Å². The summed E-state index contributed by atoms with van der Waals surface area (Å²) in [5.74, 6) is -0.339. The number of benzene rings is 2. The summed E-state index contributed by atoms with van der Waals surface area (Å²) in [5.41, 5.74) is -0.617. The minimum Gasteiger partial charge on any atom is -0.497 e. The Labute approximate surface area is 134 Å². The molecule has 7 heteroatoms. The summed E-state index contributed by atoms with van der Waals surface area (Å²) in [5, 5.41) is 0. The van der Waals surface area contributed by atoms with Crippen molar-refractivity contribution in [3.63, 3.8) is 0 Å². The lowest BCUT2D eigenvalue weighted by Crippen LogP contribution is -2.08. The van der Waals surface area contributed by atoms with Gasteiger partial charge in [-0.1, -0.05) is 6.07 Å². The minimum absolute atomic E-state index is 0.0688. The number of nitrogens with zero attached hydrogens (tertiary/aromatic N) is 2. The Hall–Kier alpha value is -2.70. The molecule has 0 N–H and O–H groups in total. The Bertz CT molecular complexity index is 922. The largest absolute Gasteiger partial charge is 0.497 e. The lowest BCUT2D eigenvalue weighted by atomic mass is 10.1. The monoisotopic (exact) mass is 336 g/mol. The first-order valence-corrected chi connectivity index (χ1v) is 6.99. The molecule has 3 aromatic rings. The highest BCUT2D eigenvalue weighted by molar-refractivity contribution is 5.82. The molecule has 2 aromatic carbocycles. The zero-order valence-electron chi connectivity index (χ0n) is 12.8. The topological polar surface area (TPSA) is 35.0 Å². The first kappa shape index (κ1) is 16.2. The highest BCUT2D eigenvalue weighted by Gasteiger charge is 2.33. The van der Waals surface area contributed by atoms with E-state index >= 15 is 0 Å². The summed E-state index contributed by atoms with van der Waals surface area (Å²) in [6, 6.07) is 7.72. The molecule has 24 heavy (non-hydrogen) atoms. The van der Waals surface area contributed by atoms with Crippen LogP contribution in [0.25, 0.3) is 22.3 Å². The highest BCUT2D eigenvalue weighted by Crippen LogP contribution is 2.35. The zero-order valence-corrected chi connectivity index (χ0v) is 12.8. The van der Waals surface area contributed by atoms with E-state index in [4.69, 9.17) is 4.74 Å². The third-order valence-corrected chi connectivity index (χ3v) is 3.61. The second-order valence-corrected chi connectivity index (χ2v) is 5.17. The van der Waals surface area contributed by atoms with E-state index in [1.165, 1.54) is 31.4 Å². The third kappa shape index (κ3) is 2.77.